The number of rotatable bonds is 6. The predicted octanol–water partition coefficient (Wildman–Crippen LogP) is 8.10. The van der Waals surface area contributed by atoms with Crippen LogP contribution < -0.4 is 0 Å². The van der Waals surface area contributed by atoms with Crippen LogP contribution in [0.2, 0.25) is 0 Å². The number of hydrogen-bond donors (Lipinski definition) is 0. The van der Waals surface area contributed by atoms with Crippen LogP contribution in [0.1, 0.15) is 50.7 Å². The molecular formula is C27H27F3O. The Morgan fingerprint density at radius 1 is 0.806 bits per heavy atom. The van der Waals surface area contributed by atoms with E-state index in [1.807, 2.05) is 24.3 Å². The highest BCUT2D eigenvalue weighted by atomic mass is 19.1. The van der Waals surface area contributed by atoms with Gasteiger partial charge in [-0.25, -0.2) is 13.2 Å². The molecule has 1 heterocycles. The topological polar surface area (TPSA) is 9.23 Å². The first-order chi connectivity index (χ1) is 15.0. The lowest BCUT2D eigenvalue weighted by Gasteiger charge is -2.29. The summed E-state index contributed by atoms with van der Waals surface area (Å²) in [6.45, 7) is 3.04. The Hall–Kier alpha value is -2.59. The van der Waals surface area contributed by atoms with Crippen LogP contribution in [0.3, 0.4) is 0 Å². The standard InChI is InChI=1S/C27H27F3O/c1-2-3-4-18-5-12-27(31-17-18)20-8-6-19(7-9-20)21-10-11-25(26(30)15-21)22-13-23(28)16-24(29)14-22/h6-11,13-16,18,27H,2-5,12,17H2,1H3. The van der Waals surface area contributed by atoms with Crippen LogP contribution in [-0.2, 0) is 4.74 Å². The summed E-state index contributed by atoms with van der Waals surface area (Å²) in [5.41, 5.74) is 3.10. The monoisotopic (exact) mass is 424 g/mol. The SMILES string of the molecule is CCCCC1CCC(c2ccc(-c3ccc(-c4cc(F)cc(F)c4)c(F)c3)cc2)OC1. The number of hydrogen-bond acceptors (Lipinski definition) is 1. The van der Waals surface area contributed by atoms with E-state index in [1.165, 1.54) is 31.7 Å². The van der Waals surface area contributed by atoms with Gasteiger partial charge in [-0.2, -0.15) is 0 Å². The lowest BCUT2D eigenvalue weighted by Crippen LogP contribution is -2.20. The van der Waals surface area contributed by atoms with Crippen molar-refractivity contribution in [1.29, 1.82) is 0 Å². The lowest BCUT2D eigenvalue weighted by molar-refractivity contribution is -0.0197. The molecule has 0 aromatic heterocycles. The summed E-state index contributed by atoms with van der Waals surface area (Å²) < 4.78 is 47.8. The first-order valence-corrected chi connectivity index (χ1v) is 11.0. The zero-order valence-corrected chi connectivity index (χ0v) is 17.7. The lowest BCUT2D eigenvalue weighted by atomic mass is 9.90. The highest BCUT2D eigenvalue weighted by Gasteiger charge is 2.22. The fourth-order valence-electron chi connectivity index (χ4n) is 4.32. The average molecular weight is 425 g/mol. The van der Waals surface area contributed by atoms with E-state index in [2.05, 4.69) is 6.92 Å². The molecule has 3 aromatic rings. The van der Waals surface area contributed by atoms with Gasteiger partial charge in [-0.3, -0.25) is 0 Å². The predicted molar refractivity (Wildman–Crippen MR) is 118 cm³/mol. The van der Waals surface area contributed by atoms with Gasteiger partial charge in [0.2, 0.25) is 0 Å². The van der Waals surface area contributed by atoms with Gasteiger partial charge in [-0.1, -0.05) is 56.2 Å². The van der Waals surface area contributed by atoms with Gasteiger partial charge in [0, 0.05) is 11.6 Å². The van der Waals surface area contributed by atoms with Gasteiger partial charge >= 0.3 is 0 Å². The molecule has 0 saturated carbocycles. The van der Waals surface area contributed by atoms with Crippen LogP contribution in [-0.4, -0.2) is 6.61 Å². The largest absolute Gasteiger partial charge is 0.373 e. The molecular weight excluding hydrogens is 397 g/mol. The average Bonchev–Trinajstić information content (AvgIpc) is 2.77. The smallest absolute Gasteiger partial charge is 0.131 e. The molecule has 2 atom stereocenters. The Labute approximate surface area is 181 Å². The molecule has 4 rings (SSSR count). The summed E-state index contributed by atoms with van der Waals surface area (Å²) in [5.74, 6) is -1.30. The molecule has 3 aromatic carbocycles. The Morgan fingerprint density at radius 3 is 2.13 bits per heavy atom. The van der Waals surface area contributed by atoms with Crippen LogP contribution in [0.5, 0.6) is 0 Å². The number of benzene rings is 3. The van der Waals surface area contributed by atoms with E-state index in [4.69, 9.17) is 4.74 Å². The molecule has 0 amide bonds. The summed E-state index contributed by atoms with van der Waals surface area (Å²) >= 11 is 0. The fourth-order valence-corrected chi connectivity index (χ4v) is 4.32. The first-order valence-electron chi connectivity index (χ1n) is 11.0. The van der Waals surface area contributed by atoms with Gasteiger partial charge in [0.05, 0.1) is 12.7 Å². The quantitative estimate of drug-likeness (QED) is 0.388. The van der Waals surface area contributed by atoms with Gasteiger partial charge in [0.25, 0.3) is 0 Å². The maximum absolute atomic E-state index is 14.7. The zero-order chi connectivity index (χ0) is 21.8. The third kappa shape index (κ3) is 5.19. The van der Waals surface area contributed by atoms with Gasteiger partial charge in [-0.05, 0) is 65.6 Å². The summed E-state index contributed by atoms with van der Waals surface area (Å²) in [4.78, 5) is 0. The summed E-state index contributed by atoms with van der Waals surface area (Å²) in [6.07, 6.45) is 6.07. The fraction of sp³-hybridized carbons (Fsp3) is 0.333. The van der Waals surface area contributed by atoms with Crippen LogP contribution >= 0.6 is 0 Å². The van der Waals surface area contributed by atoms with E-state index in [1.54, 1.807) is 12.1 Å². The summed E-state index contributed by atoms with van der Waals surface area (Å²) in [5, 5.41) is 0. The minimum absolute atomic E-state index is 0.119. The van der Waals surface area contributed by atoms with Crippen LogP contribution in [0.25, 0.3) is 22.3 Å². The summed E-state index contributed by atoms with van der Waals surface area (Å²) in [7, 11) is 0. The molecule has 2 unspecified atom stereocenters. The minimum Gasteiger partial charge on any atom is -0.373 e. The third-order valence-electron chi connectivity index (χ3n) is 6.09. The maximum Gasteiger partial charge on any atom is 0.131 e. The van der Waals surface area contributed by atoms with Crippen LogP contribution in [0.15, 0.2) is 60.7 Å². The Bertz CT molecular complexity index is 1000. The normalized spacial score (nSPS) is 18.8. The van der Waals surface area contributed by atoms with Crippen molar-refractivity contribution < 1.29 is 17.9 Å². The highest BCUT2D eigenvalue weighted by Crippen LogP contribution is 2.34. The Kier molecular flexibility index (Phi) is 6.77. The molecule has 1 aliphatic heterocycles. The molecule has 1 fully saturated rings. The molecule has 0 bridgehead atoms. The van der Waals surface area contributed by atoms with Gasteiger partial charge in [0.1, 0.15) is 17.5 Å². The molecule has 1 nitrogen and oxygen atoms in total. The van der Waals surface area contributed by atoms with Crippen molar-refractivity contribution in [2.24, 2.45) is 5.92 Å². The third-order valence-corrected chi connectivity index (χ3v) is 6.09. The number of ether oxygens (including phenoxy) is 1. The Balaban J connectivity index is 1.46. The minimum atomic E-state index is -0.726. The number of halogens is 3. The van der Waals surface area contributed by atoms with E-state index >= 15 is 0 Å². The Morgan fingerprint density at radius 2 is 1.52 bits per heavy atom. The van der Waals surface area contributed by atoms with Crippen LogP contribution in [0.4, 0.5) is 13.2 Å². The molecule has 1 saturated heterocycles. The molecule has 31 heavy (non-hydrogen) atoms. The highest BCUT2D eigenvalue weighted by molar-refractivity contribution is 5.71. The first kappa shape index (κ1) is 21.6. The second-order valence-electron chi connectivity index (χ2n) is 8.38. The maximum atomic E-state index is 14.7. The van der Waals surface area contributed by atoms with Crippen molar-refractivity contribution in [3.63, 3.8) is 0 Å². The molecule has 0 spiro atoms. The van der Waals surface area contributed by atoms with Crippen molar-refractivity contribution in [2.45, 2.75) is 45.1 Å². The second-order valence-corrected chi connectivity index (χ2v) is 8.38. The second kappa shape index (κ2) is 9.69. The molecule has 1 aliphatic rings. The van der Waals surface area contributed by atoms with Crippen molar-refractivity contribution in [1.82, 2.24) is 0 Å². The number of unbranched alkanes of at least 4 members (excludes halogenated alkanes) is 1. The molecule has 4 heteroatoms. The van der Waals surface area contributed by atoms with E-state index < -0.39 is 17.5 Å². The molecule has 162 valence electrons. The van der Waals surface area contributed by atoms with Crippen LogP contribution in [0, 0.1) is 23.4 Å². The molecule has 0 aliphatic carbocycles. The van der Waals surface area contributed by atoms with Crippen molar-refractivity contribution in [2.75, 3.05) is 6.61 Å². The van der Waals surface area contributed by atoms with E-state index in [-0.39, 0.29) is 17.2 Å². The molecule has 0 radical (unpaired) electrons. The van der Waals surface area contributed by atoms with Crippen molar-refractivity contribution in [3.05, 3.63) is 83.7 Å². The van der Waals surface area contributed by atoms with E-state index in [9.17, 15) is 13.2 Å². The van der Waals surface area contributed by atoms with Crippen molar-refractivity contribution in [3.8, 4) is 22.3 Å². The van der Waals surface area contributed by atoms with Crippen molar-refractivity contribution >= 4 is 0 Å². The van der Waals surface area contributed by atoms with Gasteiger partial charge in [-0.15, -0.1) is 0 Å². The van der Waals surface area contributed by atoms with Gasteiger partial charge in [0.15, 0.2) is 0 Å². The molecule has 0 N–H and O–H groups in total. The van der Waals surface area contributed by atoms with E-state index in [0.29, 0.717) is 11.5 Å². The zero-order valence-electron chi connectivity index (χ0n) is 17.7. The van der Waals surface area contributed by atoms with E-state index in [0.717, 1.165) is 42.4 Å². The summed E-state index contributed by atoms with van der Waals surface area (Å²) in [6, 6.07) is 15.8. The van der Waals surface area contributed by atoms with Gasteiger partial charge < -0.3 is 4.74 Å².